The van der Waals surface area contributed by atoms with E-state index in [2.05, 4.69) is 16.3 Å². The van der Waals surface area contributed by atoms with Crippen molar-refractivity contribution in [3.8, 4) is 11.8 Å². The number of nitriles is 1. The van der Waals surface area contributed by atoms with E-state index < -0.39 is 0 Å². The molecule has 1 aromatic rings. The van der Waals surface area contributed by atoms with Gasteiger partial charge in [-0.25, -0.2) is 0 Å². The minimum atomic E-state index is -0.226. The first kappa shape index (κ1) is 7.61. The minimum absolute atomic E-state index is 0.226. The third-order valence-electron chi connectivity index (χ3n) is 1.46. The molecule has 1 unspecified atom stereocenters. The molecule has 1 aromatic heterocycles. The molecule has 1 N–H and O–H groups in total. The van der Waals surface area contributed by atoms with Crippen LogP contribution in [0.15, 0.2) is 6.20 Å². The fourth-order valence-electron chi connectivity index (χ4n) is 0.824. The van der Waals surface area contributed by atoms with Crippen molar-refractivity contribution >= 4 is 0 Å². The van der Waals surface area contributed by atoms with Crippen molar-refractivity contribution in [1.82, 2.24) is 10.2 Å². The Balaban J connectivity index is 2.94. The Hall–Kier alpha value is -1.50. The Labute approximate surface area is 64.8 Å². The first-order valence-electron chi connectivity index (χ1n) is 3.27. The number of aromatic nitrogens is 2. The van der Waals surface area contributed by atoms with Gasteiger partial charge in [-0.05, 0) is 6.92 Å². The average molecular weight is 151 g/mol. The van der Waals surface area contributed by atoms with Gasteiger partial charge in [-0.3, -0.25) is 5.10 Å². The van der Waals surface area contributed by atoms with Crippen LogP contribution in [0.3, 0.4) is 0 Å². The zero-order chi connectivity index (χ0) is 8.27. The molecule has 0 spiro atoms. The maximum atomic E-state index is 8.57. The van der Waals surface area contributed by atoms with E-state index in [1.54, 1.807) is 20.2 Å². The third kappa shape index (κ3) is 1.32. The van der Waals surface area contributed by atoms with E-state index in [0.29, 0.717) is 11.4 Å². The van der Waals surface area contributed by atoms with E-state index in [4.69, 9.17) is 10.00 Å². The molecule has 4 nitrogen and oxygen atoms in total. The molecule has 0 aromatic carbocycles. The number of methoxy groups -OCH3 is 1. The molecule has 1 atom stereocenters. The summed E-state index contributed by atoms with van der Waals surface area (Å²) in [6, 6.07) is 2.08. The van der Waals surface area contributed by atoms with Gasteiger partial charge >= 0.3 is 0 Å². The highest BCUT2D eigenvalue weighted by atomic mass is 16.5. The Morgan fingerprint density at radius 1 is 1.82 bits per heavy atom. The van der Waals surface area contributed by atoms with Crippen LogP contribution in [0.25, 0.3) is 0 Å². The molecule has 0 fully saturated rings. The lowest BCUT2D eigenvalue weighted by Crippen LogP contribution is -1.93. The van der Waals surface area contributed by atoms with Crippen molar-refractivity contribution in [3.05, 3.63) is 11.9 Å². The van der Waals surface area contributed by atoms with Crippen molar-refractivity contribution in [2.75, 3.05) is 7.11 Å². The largest absolute Gasteiger partial charge is 0.493 e. The standard InChI is InChI=1S/C7H9N3O/c1-5(3-8)7-6(11-2)4-9-10-7/h4-5H,1-2H3,(H,9,10). The summed E-state index contributed by atoms with van der Waals surface area (Å²) < 4.78 is 4.96. The summed E-state index contributed by atoms with van der Waals surface area (Å²) >= 11 is 0. The summed E-state index contributed by atoms with van der Waals surface area (Å²) in [6.45, 7) is 1.78. The van der Waals surface area contributed by atoms with Crippen LogP contribution in [0.5, 0.6) is 5.75 Å². The van der Waals surface area contributed by atoms with E-state index in [1.165, 1.54) is 0 Å². The molecule has 11 heavy (non-hydrogen) atoms. The van der Waals surface area contributed by atoms with Gasteiger partial charge in [-0.1, -0.05) is 0 Å². The maximum Gasteiger partial charge on any atom is 0.161 e. The lowest BCUT2D eigenvalue weighted by molar-refractivity contribution is 0.409. The molecule has 0 saturated heterocycles. The highest BCUT2D eigenvalue weighted by Crippen LogP contribution is 2.22. The summed E-state index contributed by atoms with van der Waals surface area (Å²) in [5.74, 6) is 0.412. The van der Waals surface area contributed by atoms with Gasteiger partial charge < -0.3 is 4.74 Å². The van der Waals surface area contributed by atoms with E-state index >= 15 is 0 Å². The van der Waals surface area contributed by atoms with Crippen LogP contribution in [0, 0.1) is 11.3 Å². The average Bonchev–Trinajstić information content (AvgIpc) is 2.50. The SMILES string of the molecule is COc1c[nH]nc1C(C)C#N. The second kappa shape index (κ2) is 3.06. The minimum Gasteiger partial charge on any atom is -0.493 e. The molecule has 4 heteroatoms. The van der Waals surface area contributed by atoms with Gasteiger partial charge in [0.2, 0.25) is 0 Å². The molecule has 0 bridgehead atoms. The number of H-pyrrole nitrogens is 1. The zero-order valence-electron chi connectivity index (χ0n) is 6.46. The van der Waals surface area contributed by atoms with Crippen molar-refractivity contribution in [1.29, 1.82) is 5.26 Å². The fraction of sp³-hybridized carbons (Fsp3) is 0.429. The second-order valence-corrected chi connectivity index (χ2v) is 2.19. The number of rotatable bonds is 2. The summed E-state index contributed by atoms with van der Waals surface area (Å²) in [7, 11) is 1.55. The molecule has 1 heterocycles. The van der Waals surface area contributed by atoms with Gasteiger partial charge in [-0.2, -0.15) is 10.4 Å². The predicted molar refractivity (Wildman–Crippen MR) is 39.2 cm³/mol. The third-order valence-corrected chi connectivity index (χ3v) is 1.46. The Morgan fingerprint density at radius 3 is 3.09 bits per heavy atom. The van der Waals surface area contributed by atoms with Crippen molar-refractivity contribution in [2.24, 2.45) is 0 Å². The number of hydrogen-bond acceptors (Lipinski definition) is 3. The van der Waals surface area contributed by atoms with Crippen LogP contribution in [-0.4, -0.2) is 17.3 Å². The quantitative estimate of drug-likeness (QED) is 0.687. The monoisotopic (exact) mass is 151 g/mol. The van der Waals surface area contributed by atoms with E-state index in [9.17, 15) is 0 Å². The topological polar surface area (TPSA) is 61.7 Å². The van der Waals surface area contributed by atoms with Gasteiger partial charge in [-0.15, -0.1) is 0 Å². The Morgan fingerprint density at radius 2 is 2.55 bits per heavy atom. The predicted octanol–water partition coefficient (Wildman–Crippen LogP) is 1.05. The number of hydrogen-bond donors (Lipinski definition) is 1. The highest BCUT2D eigenvalue weighted by molar-refractivity contribution is 5.30. The first-order valence-corrected chi connectivity index (χ1v) is 3.27. The Kier molecular flexibility index (Phi) is 2.12. The molecular weight excluding hydrogens is 142 g/mol. The molecular formula is C7H9N3O. The molecule has 0 aliphatic carbocycles. The van der Waals surface area contributed by atoms with Gasteiger partial charge in [0.15, 0.2) is 5.75 Å². The van der Waals surface area contributed by atoms with Crippen molar-refractivity contribution < 1.29 is 4.74 Å². The van der Waals surface area contributed by atoms with Crippen LogP contribution >= 0.6 is 0 Å². The molecule has 58 valence electrons. The summed E-state index contributed by atoms with van der Waals surface area (Å²) in [4.78, 5) is 0. The second-order valence-electron chi connectivity index (χ2n) is 2.19. The smallest absolute Gasteiger partial charge is 0.161 e. The fourth-order valence-corrected chi connectivity index (χ4v) is 0.824. The lowest BCUT2D eigenvalue weighted by Gasteiger charge is -1.99. The van der Waals surface area contributed by atoms with Crippen molar-refractivity contribution in [3.63, 3.8) is 0 Å². The molecule has 0 aliphatic rings. The van der Waals surface area contributed by atoms with Gasteiger partial charge in [0, 0.05) is 0 Å². The molecule has 0 saturated carbocycles. The van der Waals surface area contributed by atoms with Crippen LogP contribution in [0.1, 0.15) is 18.5 Å². The zero-order valence-corrected chi connectivity index (χ0v) is 6.46. The van der Waals surface area contributed by atoms with Crippen LogP contribution in [-0.2, 0) is 0 Å². The van der Waals surface area contributed by atoms with Gasteiger partial charge in [0.1, 0.15) is 5.69 Å². The molecule has 0 radical (unpaired) electrons. The maximum absolute atomic E-state index is 8.57. The van der Waals surface area contributed by atoms with Gasteiger partial charge in [0.25, 0.3) is 0 Å². The van der Waals surface area contributed by atoms with Crippen LogP contribution in [0.4, 0.5) is 0 Å². The van der Waals surface area contributed by atoms with Gasteiger partial charge in [0.05, 0.1) is 25.3 Å². The summed E-state index contributed by atoms with van der Waals surface area (Å²) in [6.07, 6.45) is 1.63. The first-order chi connectivity index (χ1) is 5.29. The lowest BCUT2D eigenvalue weighted by atomic mass is 10.1. The normalized spacial score (nSPS) is 12.1. The van der Waals surface area contributed by atoms with E-state index in [-0.39, 0.29) is 5.92 Å². The van der Waals surface area contributed by atoms with Crippen LogP contribution < -0.4 is 4.74 Å². The van der Waals surface area contributed by atoms with E-state index in [0.717, 1.165) is 0 Å². The molecule has 0 amide bonds. The number of nitrogens with one attached hydrogen (secondary N) is 1. The van der Waals surface area contributed by atoms with Crippen LogP contribution in [0.2, 0.25) is 0 Å². The molecule has 0 aliphatic heterocycles. The molecule has 1 rings (SSSR count). The number of ether oxygens (including phenoxy) is 1. The number of aromatic amines is 1. The highest BCUT2D eigenvalue weighted by Gasteiger charge is 2.12. The van der Waals surface area contributed by atoms with Crippen molar-refractivity contribution in [2.45, 2.75) is 12.8 Å². The summed E-state index contributed by atoms with van der Waals surface area (Å²) in [5, 5.41) is 15.1. The van der Waals surface area contributed by atoms with E-state index in [1.807, 2.05) is 0 Å². The summed E-state index contributed by atoms with van der Waals surface area (Å²) in [5.41, 5.74) is 0.662. The Bertz CT molecular complexity index is 273. The number of nitrogens with zero attached hydrogens (tertiary/aromatic N) is 2.